The number of benzene rings is 5. The van der Waals surface area contributed by atoms with E-state index in [2.05, 4.69) is 5.32 Å². The maximum absolute atomic E-state index is 12.9. The summed E-state index contributed by atoms with van der Waals surface area (Å²) in [6, 6.07) is 44.5. The van der Waals surface area contributed by atoms with Gasteiger partial charge in [-0.2, -0.15) is 0 Å². The number of ether oxygens (including phenoxy) is 2. The van der Waals surface area contributed by atoms with Crippen molar-refractivity contribution < 1.29 is 23.8 Å². The molecule has 1 saturated heterocycles. The van der Waals surface area contributed by atoms with E-state index in [0.29, 0.717) is 28.6 Å². The molecule has 0 bridgehead atoms. The van der Waals surface area contributed by atoms with Crippen LogP contribution in [-0.2, 0) is 16.1 Å². The number of aliphatic hydroxyl groups is 1. The predicted molar refractivity (Wildman–Crippen MR) is 187 cm³/mol. The normalized spacial score (nSPS) is 17.6. The van der Waals surface area contributed by atoms with Gasteiger partial charge in [-0.1, -0.05) is 127 Å². The van der Waals surface area contributed by atoms with Gasteiger partial charge in [-0.15, -0.1) is 0 Å². The Labute approximate surface area is 283 Å². The van der Waals surface area contributed by atoms with Crippen molar-refractivity contribution in [2.75, 3.05) is 11.1 Å². The summed E-state index contributed by atoms with van der Waals surface area (Å²) >= 11 is 1.51. The molecule has 48 heavy (non-hydrogen) atoms. The molecule has 7 rings (SSSR count). The molecule has 0 radical (unpaired) electrons. The number of aliphatic hydroxyl groups excluding tert-OH is 1. The Bertz CT molecular complexity index is 1890. The quantitative estimate of drug-likeness (QED) is 0.142. The number of carbonyl (C=O) groups is 1. The lowest BCUT2D eigenvalue weighted by Crippen LogP contribution is -2.31. The standard InChI is InChI=1S/C40H34N2O5S/c43-25-27-19-21-28(22-20-27)35-24-34(45-39(46-35)32-17-10-18-33(23-32)41-38(44)31-15-8-3-9-16-31)26-48-40-42-36(29-11-4-1-5-12-29)37(47-40)30-13-6-2-7-14-30/h1-23,34-35,39,43H,24-26H2,(H,41,44)/t34-,35+,39+/m0/s1. The number of rotatable bonds is 10. The molecule has 8 heteroatoms. The van der Waals surface area contributed by atoms with Crippen LogP contribution < -0.4 is 5.32 Å². The van der Waals surface area contributed by atoms with E-state index in [4.69, 9.17) is 18.9 Å². The zero-order chi connectivity index (χ0) is 32.7. The van der Waals surface area contributed by atoms with Crippen molar-refractivity contribution in [2.24, 2.45) is 0 Å². The van der Waals surface area contributed by atoms with Gasteiger partial charge >= 0.3 is 0 Å². The lowest BCUT2D eigenvalue weighted by Gasteiger charge is -2.36. The third-order valence-electron chi connectivity index (χ3n) is 8.15. The molecule has 0 saturated carbocycles. The van der Waals surface area contributed by atoms with Crippen LogP contribution in [0.5, 0.6) is 0 Å². The molecular formula is C40H34N2O5S. The van der Waals surface area contributed by atoms with Gasteiger partial charge in [0.25, 0.3) is 11.1 Å². The Hall–Kier alpha value is -4.99. The van der Waals surface area contributed by atoms with Crippen molar-refractivity contribution in [2.45, 2.75) is 36.7 Å². The van der Waals surface area contributed by atoms with Gasteiger partial charge in [0.05, 0.1) is 18.8 Å². The second-order valence-corrected chi connectivity index (χ2v) is 12.5. The van der Waals surface area contributed by atoms with Gasteiger partial charge < -0.3 is 24.3 Å². The first-order chi connectivity index (χ1) is 23.6. The molecule has 0 aliphatic carbocycles. The molecule has 1 aliphatic heterocycles. The van der Waals surface area contributed by atoms with Crippen LogP contribution >= 0.6 is 11.8 Å². The first-order valence-electron chi connectivity index (χ1n) is 15.8. The monoisotopic (exact) mass is 654 g/mol. The van der Waals surface area contributed by atoms with Crippen LogP contribution in [0.4, 0.5) is 5.69 Å². The highest BCUT2D eigenvalue weighted by atomic mass is 32.2. The number of hydrogen-bond donors (Lipinski definition) is 2. The molecule has 7 nitrogen and oxygen atoms in total. The van der Waals surface area contributed by atoms with Crippen LogP contribution in [0.25, 0.3) is 22.6 Å². The molecule has 2 heterocycles. The minimum Gasteiger partial charge on any atom is -0.431 e. The Morgan fingerprint density at radius 3 is 2.17 bits per heavy atom. The van der Waals surface area contributed by atoms with Crippen LogP contribution in [-0.4, -0.2) is 27.9 Å². The van der Waals surface area contributed by atoms with Crippen molar-refractivity contribution in [3.63, 3.8) is 0 Å². The summed E-state index contributed by atoms with van der Waals surface area (Å²) in [5.41, 5.74) is 6.60. The van der Waals surface area contributed by atoms with E-state index in [1.54, 1.807) is 12.1 Å². The molecule has 1 fully saturated rings. The Kier molecular flexibility index (Phi) is 9.77. The molecule has 1 amide bonds. The zero-order valence-electron chi connectivity index (χ0n) is 26.1. The average Bonchev–Trinajstić information content (AvgIpc) is 3.59. The maximum atomic E-state index is 12.9. The summed E-state index contributed by atoms with van der Waals surface area (Å²) in [7, 11) is 0. The van der Waals surface area contributed by atoms with Crippen molar-refractivity contribution in [1.82, 2.24) is 4.98 Å². The summed E-state index contributed by atoms with van der Waals surface area (Å²) in [6.07, 6.45) is -0.519. The van der Waals surface area contributed by atoms with Crippen molar-refractivity contribution in [3.05, 3.63) is 162 Å². The van der Waals surface area contributed by atoms with Gasteiger partial charge in [-0.25, -0.2) is 4.98 Å². The van der Waals surface area contributed by atoms with Crippen molar-refractivity contribution >= 4 is 23.4 Å². The second-order valence-electron chi connectivity index (χ2n) is 11.5. The molecule has 1 aromatic heterocycles. The molecule has 3 atom stereocenters. The SMILES string of the molecule is O=C(Nc1cccc([C@@H]2O[C@H](CSc3nc(-c4ccccc4)c(-c4ccccc4)o3)C[C@H](c3ccc(CO)cc3)O2)c1)c1ccccc1. The fourth-order valence-electron chi connectivity index (χ4n) is 5.68. The minimum absolute atomic E-state index is 0.0234. The molecule has 2 N–H and O–H groups in total. The average molecular weight is 655 g/mol. The Balaban J connectivity index is 1.13. The van der Waals surface area contributed by atoms with E-state index in [-0.39, 0.29) is 24.7 Å². The first kappa shape index (κ1) is 31.6. The smallest absolute Gasteiger partial charge is 0.256 e. The number of amides is 1. The lowest BCUT2D eigenvalue weighted by atomic mass is 10.0. The molecule has 1 aliphatic rings. The number of anilines is 1. The number of hydrogen-bond acceptors (Lipinski definition) is 7. The van der Waals surface area contributed by atoms with E-state index in [0.717, 1.165) is 39.3 Å². The molecule has 240 valence electrons. The van der Waals surface area contributed by atoms with Gasteiger partial charge in [0.2, 0.25) is 0 Å². The minimum atomic E-state index is -0.676. The fraction of sp³-hybridized carbons (Fsp3) is 0.150. The summed E-state index contributed by atoms with van der Waals surface area (Å²) in [5.74, 6) is 1.12. The summed E-state index contributed by atoms with van der Waals surface area (Å²) in [6.45, 7) is -0.0234. The van der Waals surface area contributed by atoms with E-state index in [1.165, 1.54) is 11.8 Å². The van der Waals surface area contributed by atoms with E-state index in [9.17, 15) is 9.90 Å². The Morgan fingerprint density at radius 1 is 0.771 bits per heavy atom. The van der Waals surface area contributed by atoms with Gasteiger partial charge in [-0.05, 0) is 35.4 Å². The highest BCUT2D eigenvalue weighted by molar-refractivity contribution is 7.99. The number of aromatic nitrogens is 1. The third-order valence-corrected chi connectivity index (χ3v) is 9.11. The molecule has 0 unspecified atom stereocenters. The van der Waals surface area contributed by atoms with E-state index < -0.39 is 6.29 Å². The predicted octanol–water partition coefficient (Wildman–Crippen LogP) is 9.09. The van der Waals surface area contributed by atoms with Crippen LogP contribution in [0.2, 0.25) is 0 Å². The van der Waals surface area contributed by atoms with Gasteiger partial charge in [-0.3, -0.25) is 4.79 Å². The number of nitrogens with zero attached hydrogens (tertiary/aromatic N) is 1. The molecular weight excluding hydrogens is 621 g/mol. The number of oxazole rings is 1. The number of carbonyl (C=O) groups excluding carboxylic acids is 1. The summed E-state index contributed by atoms with van der Waals surface area (Å²) in [4.78, 5) is 17.8. The highest BCUT2D eigenvalue weighted by Gasteiger charge is 2.33. The van der Waals surface area contributed by atoms with Crippen LogP contribution in [0, 0.1) is 0 Å². The van der Waals surface area contributed by atoms with Crippen molar-refractivity contribution in [1.29, 1.82) is 0 Å². The van der Waals surface area contributed by atoms with Gasteiger partial charge in [0, 0.05) is 40.1 Å². The van der Waals surface area contributed by atoms with Crippen LogP contribution in [0.15, 0.2) is 149 Å². The number of nitrogens with one attached hydrogen (secondary N) is 1. The number of thioether (sulfide) groups is 1. The maximum Gasteiger partial charge on any atom is 0.256 e. The lowest BCUT2D eigenvalue weighted by molar-refractivity contribution is -0.245. The topological polar surface area (TPSA) is 93.8 Å². The largest absolute Gasteiger partial charge is 0.431 e. The second kappa shape index (κ2) is 14.8. The first-order valence-corrected chi connectivity index (χ1v) is 16.8. The third kappa shape index (κ3) is 7.43. The van der Waals surface area contributed by atoms with E-state index in [1.807, 2.05) is 127 Å². The van der Waals surface area contributed by atoms with Crippen LogP contribution in [0.3, 0.4) is 0 Å². The zero-order valence-corrected chi connectivity index (χ0v) is 26.9. The van der Waals surface area contributed by atoms with Gasteiger partial charge in [0.1, 0.15) is 5.69 Å². The summed E-state index contributed by atoms with van der Waals surface area (Å²) < 4.78 is 19.5. The van der Waals surface area contributed by atoms with Crippen molar-refractivity contribution in [3.8, 4) is 22.6 Å². The fourth-order valence-corrected chi connectivity index (χ4v) is 6.52. The highest BCUT2D eigenvalue weighted by Crippen LogP contribution is 2.41. The molecule has 6 aromatic rings. The van der Waals surface area contributed by atoms with Crippen LogP contribution in [0.1, 0.15) is 45.9 Å². The van der Waals surface area contributed by atoms with E-state index >= 15 is 0 Å². The van der Waals surface area contributed by atoms with Gasteiger partial charge in [0.15, 0.2) is 12.1 Å². The molecule has 5 aromatic carbocycles. The molecule has 0 spiro atoms. The Morgan fingerprint density at radius 2 is 1.46 bits per heavy atom. The summed E-state index contributed by atoms with van der Waals surface area (Å²) in [5, 5.41) is 13.1.